The zero-order valence-corrected chi connectivity index (χ0v) is 17.6. The molecule has 3 aliphatic heterocycles. The first-order valence-corrected chi connectivity index (χ1v) is 10.6. The Kier molecular flexibility index (Phi) is 4.47. The van der Waals surface area contributed by atoms with E-state index in [1.807, 2.05) is 53.2 Å². The lowest BCUT2D eigenvalue weighted by Gasteiger charge is -2.21. The van der Waals surface area contributed by atoms with E-state index < -0.39 is 0 Å². The molecule has 5 nitrogen and oxygen atoms in total. The molecule has 32 heavy (non-hydrogen) atoms. The van der Waals surface area contributed by atoms with Gasteiger partial charge in [-0.2, -0.15) is 0 Å². The molecule has 6 rings (SSSR count). The Bertz CT molecular complexity index is 1430. The predicted octanol–water partition coefficient (Wildman–Crippen LogP) is 5.82. The molecule has 0 radical (unpaired) electrons. The van der Waals surface area contributed by atoms with E-state index >= 15 is 0 Å². The molecule has 0 bridgehead atoms. The first kappa shape index (κ1) is 19.1. The lowest BCUT2D eigenvalue weighted by Crippen LogP contribution is -2.16. The van der Waals surface area contributed by atoms with Crippen LogP contribution < -0.4 is 9.47 Å². The molecule has 0 aromatic heterocycles. The second-order valence-corrected chi connectivity index (χ2v) is 8.12. The maximum absolute atomic E-state index is 14.5. The van der Waals surface area contributed by atoms with Crippen LogP contribution in [0.1, 0.15) is 5.56 Å². The SMILES string of the molecule is Fc1ccccc1Cn1cc2c(-c3ccc(Cl)cc3)nnc-2c2cc3c(cc21)OCCO3. The molecular formula is C25H17ClFN3O2. The number of halogens is 2. The van der Waals surface area contributed by atoms with Crippen molar-refractivity contribution in [1.29, 1.82) is 0 Å². The summed E-state index contributed by atoms with van der Waals surface area (Å²) in [5.41, 5.74) is 4.74. The standard InChI is InChI=1S/C25H17ClFN3O2/c26-17-7-5-15(6-8-17)24-19-14-30(13-16-3-1-2-4-20(16)27)21-12-23-22(31-9-10-32-23)11-18(21)25(19)29-28-24/h1-8,11-12,14H,9-10,13H2. The zero-order valence-electron chi connectivity index (χ0n) is 16.9. The van der Waals surface area contributed by atoms with Gasteiger partial charge in [0.25, 0.3) is 0 Å². The van der Waals surface area contributed by atoms with Crippen molar-refractivity contribution in [3.8, 4) is 34.0 Å². The topological polar surface area (TPSA) is 49.2 Å². The molecule has 3 heterocycles. The summed E-state index contributed by atoms with van der Waals surface area (Å²) in [5.74, 6) is 1.09. The maximum Gasteiger partial charge on any atom is 0.163 e. The molecule has 0 amide bonds. The number of pyridine rings is 1. The summed E-state index contributed by atoms with van der Waals surface area (Å²) in [6, 6.07) is 18.1. The van der Waals surface area contributed by atoms with Crippen molar-refractivity contribution in [1.82, 2.24) is 14.8 Å². The summed E-state index contributed by atoms with van der Waals surface area (Å²) in [6.45, 7) is 1.33. The van der Waals surface area contributed by atoms with Crippen molar-refractivity contribution in [2.24, 2.45) is 0 Å². The summed E-state index contributed by atoms with van der Waals surface area (Å²) < 4.78 is 28.1. The number of fused-ring (bicyclic) bond motifs is 4. The van der Waals surface area contributed by atoms with Crippen LogP contribution in [0.2, 0.25) is 5.02 Å². The average Bonchev–Trinajstić information content (AvgIpc) is 3.24. The van der Waals surface area contributed by atoms with Crippen LogP contribution in [0.25, 0.3) is 33.4 Å². The highest BCUT2D eigenvalue weighted by Gasteiger charge is 2.23. The number of hydrogen-bond acceptors (Lipinski definition) is 4. The normalized spacial score (nSPS) is 13.1. The second kappa shape index (κ2) is 7.50. The van der Waals surface area contributed by atoms with E-state index in [0.29, 0.717) is 41.8 Å². The van der Waals surface area contributed by atoms with Crippen LogP contribution in [0.4, 0.5) is 4.39 Å². The molecule has 0 saturated heterocycles. The number of hydrogen-bond donors (Lipinski definition) is 0. The van der Waals surface area contributed by atoms with Crippen LogP contribution in [-0.2, 0) is 6.54 Å². The van der Waals surface area contributed by atoms with Crippen LogP contribution >= 0.6 is 11.6 Å². The minimum atomic E-state index is -0.248. The molecule has 0 fully saturated rings. The minimum absolute atomic E-state index is 0.248. The molecule has 0 aliphatic carbocycles. The van der Waals surface area contributed by atoms with E-state index in [2.05, 4.69) is 10.2 Å². The number of benzene rings is 3. The van der Waals surface area contributed by atoms with Crippen LogP contribution in [0, 0.1) is 5.82 Å². The molecule has 0 unspecified atom stereocenters. The van der Waals surface area contributed by atoms with Gasteiger partial charge in [0.05, 0.1) is 12.1 Å². The fourth-order valence-corrected chi connectivity index (χ4v) is 4.26. The summed E-state index contributed by atoms with van der Waals surface area (Å²) in [4.78, 5) is 0. The van der Waals surface area contributed by atoms with E-state index in [9.17, 15) is 4.39 Å². The molecule has 0 atom stereocenters. The van der Waals surface area contributed by atoms with Crippen LogP contribution in [0.5, 0.6) is 11.5 Å². The zero-order chi connectivity index (χ0) is 21.7. The number of aromatic nitrogens is 3. The minimum Gasteiger partial charge on any atom is -0.486 e. The third-order valence-corrected chi connectivity index (χ3v) is 5.94. The number of nitrogens with zero attached hydrogens (tertiary/aromatic N) is 3. The van der Waals surface area contributed by atoms with E-state index in [0.717, 1.165) is 33.4 Å². The summed E-state index contributed by atoms with van der Waals surface area (Å²) in [6.07, 6.45) is 1.98. The van der Waals surface area contributed by atoms with Crippen LogP contribution in [0.15, 0.2) is 66.9 Å². The van der Waals surface area contributed by atoms with Gasteiger partial charge in [0, 0.05) is 39.4 Å². The van der Waals surface area contributed by atoms with Gasteiger partial charge in [-0.05, 0) is 24.3 Å². The van der Waals surface area contributed by atoms with Crippen molar-refractivity contribution in [3.63, 3.8) is 0 Å². The second-order valence-electron chi connectivity index (χ2n) is 7.68. The highest BCUT2D eigenvalue weighted by Crippen LogP contribution is 2.42. The summed E-state index contributed by atoms with van der Waals surface area (Å²) >= 11 is 6.07. The molecule has 0 saturated carbocycles. The van der Waals surface area contributed by atoms with E-state index in [1.165, 1.54) is 6.07 Å². The Morgan fingerprint density at radius 3 is 2.41 bits per heavy atom. The Balaban J connectivity index is 1.61. The highest BCUT2D eigenvalue weighted by atomic mass is 35.5. The molecule has 0 N–H and O–H groups in total. The van der Waals surface area contributed by atoms with Crippen molar-refractivity contribution >= 4 is 22.5 Å². The Labute approximate surface area is 188 Å². The van der Waals surface area contributed by atoms with Gasteiger partial charge in [-0.15, -0.1) is 10.2 Å². The van der Waals surface area contributed by atoms with E-state index in [-0.39, 0.29) is 5.82 Å². The van der Waals surface area contributed by atoms with Crippen molar-refractivity contribution < 1.29 is 13.9 Å². The van der Waals surface area contributed by atoms with Gasteiger partial charge in [0.2, 0.25) is 0 Å². The lowest BCUT2D eigenvalue weighted by atomic mass is 10.0. The summed E-state index contributed by atoms with van der Waals surface area (Å²) in [5, 5.41) is 10.5. The van der Waals surface area contributed by atoms with Gasteiger partial charge in [-0.1, -0.05) is 41.9 Å². The van der Waals surface area contributed by atoms with Crippen LogP contribution in [-0.4, -0.2) is 28.0 Å². The van der Waals surface area contributed by atoms with Gasteiger partial charge in [0.1, 0.15) is 30.4 Å². The lowest BCUT2D eigenvalue weighted by molar-refractivity contribution is 0.172. The maximum atomic E-state index is 14.5. The summed E-state index contributed by atoms with van der Waals surface area (Å²) in [7, 11) is 0. The van der Waals surface area contributed by atoms with Crippen molar-refractivity contribution in [2.45, 2.75) is 6.54 Å². The van der Waals surface area contributed by atoms with Gasteiger partial charge in [-0.3, -0.25) is 0 Å². The largest absolute Gasteiger partial charge is 0.486 e. The van der Waals surface area contributed by atoms with Crippen LogP contribution in [0.3, 0.4) is 0 Å². The van der Waals surface area contributed by atoms with E-state index in [4.69, 9.17) is 21.1 Å². The Morgan fingerprint density at radius 2 is 1.62 bits per heavy atom. The average molecular weight is 446 g/mol. The van der Waals surface area contributed by atoms with Crippen molar-refractivity contribution in [2.75, 3.05) is 13.2 Å². The Hall–Kier alpha value is -3.64. The highest BCUT2D eigenvalue weighted by molar-refractivity contribution is 6.30. The number of rotatable bonds is 3. The third kappa shape index (κ3) is 3.15. The first-order chi connectivity index (χ1) is 15.7. The van der Waals surface area contributed by atoms with E-state index in [1.54, 1.807) is 12.1 Å². The van der Waals surface area contributed by atoms with Gasteiger partial charge in [-0.25, -0.2) is 4.39 Å². The molecular weight excluding hydrogens is 429 g/mol. The molecule has 3 aromatic rings. The molecule has 3 aromatic carbocycles. The smallest absolute Gasteiger partial charge is 0.163 e. The quantitative estimate of drug-likeness (QED) is 0.351. The molecule has 0 spiro atoms. The molecule has 3 aliphatic rings. The van der Waals surface area contributed by atoms with Gasteiger partial charge in [0.15, 0.2) is 11.5 Å². The van der Waals surface area contributed by atoms with Gasteiger partial charge >= 0.3 is 0 Å². The van der Waals surface area contributed by atoms with Gasteiger partial charge < -0.3 is 14.0 Å². The molecule has 7 heteroatoms. The number of ether oxygens (including phenoxy) is 2. The predicted molar refractivity (Wildman–Crippen MR) is 121 cm³/mol. The molecule has 158 valence electrons. The Morgan fingerprint density at radius 1 is 0.906 bits per heavy atom. The van der Waals surface area contributed by atoms with Crippen molar-refractivity contribution in [3.05, 3.63) is 83.3 Å². The fraction of sp³-hybridized carbons (Fsp3) is 0.120. The first-order valence-electron chi connectivity index (χ1n) is 10.3. The monoisotopic (exact) mass is 445 g/mol. The third-order valence-electron chi connectivity index (χ3n) is 5.69. The fourth-order valence-electron chi connectivity index (χ4n) is 4.13.